The number of nitrogens with one attached hydrogen (secondary N) is 1. The topological polar surface area (TPSA) is 57.2 Å². The third-order valence-corrected chi connectivity index (χ3v) is 3.67. The van der Waals surface area contributed by atoms with E-state index in [4.69, 9.17) is 4.98 Å². The van der Waals surface area contributed by atoms with Crippen molar-refractivity contribution in [3.8, 4) is 0 Å². The molecule has 0 saturated carbocycles. The first kappa shape index (κ1) is 15.8. The predicted octanol–water partition coefficient (Wildman–Crippen LogP) is 2.38. The van der Waals surface area contributed by atoms with Crippen LogP contribution in [-0.4, -0.2) is 47.7 Å². The van der Waals surface area contributed by atoms with E-state index in [1.54, 1.807) is 0 Å². The number of rotatable bonds is 6. The van der Waals surface area contributed by atoms with Crippen LogP contribution in [0, 0.1) is 5.92 Å². The van der Waals surface area contributed by atoms with Crippen molar-refractivity contribution in [1.29, 1.82) is 0 Å². The predicted molar refractivity (Wildman–Crippen MR) is 88.1 cm³/mol. The van der Waals surface area contributed by atoms with Gasteiger partial charge in [-0.15, -0.1) is 0 Å². The van der Waals surface area contributed by atoms with Crippen LogP contribution in [0.15, 0.2) is 0 Å². The van der Waals surface area contributed by atoms with Gasteiger partial charge in [-0.2, -0.15) is 15.0 Å². The minimum atomic E-state index is 0.367. The minimum Gasteiger partial charge on any atom is -0.357 e. The van der Waals surface area contributed by atoms with Gasteiger partial charge in [-0.25, -0.2) is 0 Å². The Balaban J connectivity index is 2.33. The van der Waals surface area contributed by atoms with Gasteiger partial charge in [-0.1, -0.05) is 13.8 Å². The van der Waals surface area contributed by atoms with Crippen LogP contribution in [0.5, 0.6) is 0 Å². The highest BCUT2D eigenvalue weighted by Crippen LogP contribution is 2.22. The van der Waals surface area contributed by atoms with Crippen molar-refractivity contribution in [2.24, 2.45) is 5.92 Å². The molecule has 21 heavy (non-hydrogen) atoms. The first-order valence-electron chi connectivity index (χ1n) is 7.96. The Morgan fingerprint density at radius 1 is 1.10 bits per heavy atom. The van der Waals surface area contributed by atoms with Gasteiger partial charge in [0, 0.05) is 32.7 Å². The molecule has 6 nitrogen and oxygen atoms in total. The van der Waals surface area contributed by atoms with E-state index in [2.05, 4.69) is 52.8 Å². The molecule has 1 fully saturated rings. The molecular weight excluding hydrogens is 264 g/mol. The van der Waals surface area contributed by atoms with Crippen molar-refractivity contribution in [2.75, 3.05) is 41.8 Å². The van der Waals surface area contributed by atoms with E-state index in [1.807, 2.05) is 7.05 Å². The van der Waals surface area contributed by atoms with Gasteiger partial charge in [0.25, 0.3) is 0 Å². The summed E-state index contributed by atoms with van der Waals surface area (Å²) in [5.74, 6) is 2.80. The lowest BCUT2D eigenvalue weighted by Crippen LogP contribution is -2.36. The molecule has 0 amide bonds. The maximum Gasteiger partial charge on any atom is 0.232 e. The molecule has 0 unspecified atom stereocenters. The molecule has 0 radical (unpaired) electrons. The van der Waals surface area contributed by atoms with Gasteiger partial charge in [-0.05, 0) is 32.6 Å². The van der Waals surface area contributed by atoms with Gasteiger partial charge in [0.05, 0.1) is 0 Å². The molecule has 0 atom stereocenters. The van der Waals surface area contributed by atoms with Crippen molar-refractivity contribution in [1.82, 2.24) is 15.0 Å². The zero-order valence-electron chi connectivity index (χ0n) is 13.9. The third kappa shape index (κ3) is 3.95. The van der Waals surface area contributed by atoms with Gasteiger partial charge in [0.2, 0.25) is 17.8 Å². The quantitative estimate of drug-likeness (QED) is 0.869. The van der Waals surface area contributed by atoms with E-state index in [0.29, 0.717) is 17.9 Å². The number of nitrogens with zero attached hydrogens (tertiary/aromatic N) is 5. The fraction of sp³-hybridized carbons (Fsp3) is 0.800. The summed E-state index contributed by atoms with van der Waals surface area (Å²) in [6, 6.07) is 0.367. The summed E-state index contributed by atoms with van der Waals surface area (Å²) in [5, 5.41) is 3.06. The highest BCUT2D eigenvalue weighted by molar-refractivity contribution is 5.46. The lowest BCUT2D eigenvalue weighted by molar-refractivity contribution is 0.559. The second-order valence-electron chi connectivity index (χ2n) is 6.34. The van der Waals surface area contributed by atoms with Crippen LogP contribution in [0.3, 0.4) is 0 Å². The van der Waals surface area contributed by atoms with Gasteiger partial charge >= 0.3 is 0 Å². The first-order chi connectivity index (χ1) is 10.0. The average molecular weight is 292 g/mol. The normalized spacial score (nSPS) is 15.1. The molecule has 6 heteroatoms. The smallest absolute Gasteiger partial charge is 0.232 e. The summed E-state index contributed by atoms with van der Waals surface area (Å²) in [6.07, 6.45) is 2.44. The van der Waals surface area contributed by atoms with Crippen LogP contribution in [0.2, 0.25) is 0 Å². The zero-order valence-corrected chi connectivity index (χ0v) is 13.9. The average Bonchev–Trinajstić information content (AvgIpc) is 2.98. The van der Waals surface area contributed by atoms with Crippen LogP contribution in [-0.2, 0) is 0 Å². The number of anilines is 3. The first-order valence-corrected chi connectivity index (χ1v) is 7.96. The maximum atomic E-state index is 4.73. The van der Waals surface area contributed by atoms with Crippen molar-refractivity contribution in [2.45, 2.75) is 46.6 Å². The van der Waals surface area contributed by atoms with Crippen LogP contribution >= 0.6 is 0 Å². The van der Waals surface area contributed by atoms with Crippen molar-refractivity contribution >= 4 is 17.8 Å². The number of hydrogen-bond donors (Lipinski definition) is 1. The Labute approximate surface area is 128 Å². The van der Waals surface area contributed by atoms with Crippen LogP contribution < -0.4 is 15.1 Å². The molecule has 1 aromatic heterocycles. The van der Waals surface area contributed by atoms with E-state index in [-0.39, 0.29) is 0 Å². The largest absolute Gasteiger partial charge is 0.357 e. The molecular formula is C15H28N6. The summed E-state index contributed by atoms with van der Waals surface area (Å²) in [5.41, 5.74) is 0. The Morgan fingerprint density at radius 2 is 1.76 bits per heavy atom. The van der Waals surface area contributed by atoms with Crippen LogP contribution in [0.25, 0.3) is 0 Å². The standard InChI is InChI=1S/C15H28N6/c1-11(2)10-21(12(3)4)15-18-13(16-5)17-14(19-15)20-8-6-7-9-20/h11-12H,6-10H2,1-5H3,(H,16,17,18,19). The summed E-state index contributed by atoms with van der Waals surface area (Å²) < 4.78 is 0. The highest BCUT2D eigenvalue weighted by atomic mass is 15.4. The van der Waals surface area contributed by atoms with Crippen LogP contribution in [0.4, 0.5) is 17.8 Å². The number of aromatic nitrogens is 3. The van der Waals surface area contributed by atoms with Crippen molar-refractivity contribution < 1.29 is 0 Å². The monoisotopic (exact) mass is 292 g/mol. The van der Waals surface area contributed by atoms with Crippen molar-refractivity contribution in [3.63, 3.8) is 0 Å². The van der Waals surface area contributed by atoms with E-state index in [0.717, 1.165) is 31.5 Å². The Hall–Kier alpha value is -1.59. The third-order valence-electron chi connectivity index (χ3n) is 3.67. The summed E-state index contributed by atoms with van der Waals surface area (Å²) >= 11 is 0. The minimum absolute atomic E-state index is 0.367. The fourth-order valence-corrected chi connectivity index (χ4v) is 2.57. The number of hydrogen-bond acceptors (Lipinski definition) is 6. The zero-order chi connectivity index (χ0) is 15.4. The molecule has 2 heterocycles. The Morgan fingerprint density at radius 3 is 2.29 bits per heavy atom. The molecule has 2 rings (SSSR count). The molecule has 1 saturated heterocycles. The van der Waals surface area contributed by atoms with Gasteiger partial charge < -0.3 is 15.1 Å². The van der Waals surface area contributed by atoms with E-state index in [9.17, 15) is 0 Å². The van der Waals surface area contributed by atoms with Gasteiger partial charge in [0.1, 0.15) is 0 Å². The Kier molecular flexibility index (Phi) is 5.20. The fourth-order valence-electron chi connectivity index (χ4n) is 2.57. The van der Waals surface area contributed by atoms with Crippen LogP contribution in [0.1, 0.15) is 40.5 Å². The molecule has 0 aromatic carbocycles. The van der Waals surface area contributed by atoms with E-state index < -0.39 is 0 Å². The molecule has 0 aliphatic carbocycles. The maximum absolute atomic E-state index is 4.73. The summed E-state index contributed by atoms with van der Waals surface area (Å²) in [6.45, 7) is 11.8. The highest BCUT2D eigenvalue weighted by Gasteiger charge is 2.21. The Bertz CT molecular complexity index is 453. The molecule has 118 valence electrons. The SMILES string of the molecule is CNc1nc(N2CCCC2)nc(N(CC(C)C)C(C)C)n1. The molecule has 1 aromatic rings. The lowest BCUT2D eigenvalue weighted by Gasteiger charge is -2.29. The van der Waals surface area contributed by atoms with E-state index in [1.165, 1.54) is 12.8 Å². The summed E-state index contributed by atoms with van der Waals surface area (Å²) in [4.78, 5) is 18.3. The van der Waals surface area contributed by atoms with E-state index >= 15 is 0 Å². The van der Waals surface area contributed by atoms with Gasteiger partial charge in [-0.3, -0.25) is 0 Å². The molecule has 1 aliphatic rings. The van der Waals surface area contributed by atoms with Gasteiger partial charge in [0.15, 0.2) is 0 Å². The molecule has 1 aliphatic heterocycles. The summed E-state index contributed by atoms with van der Waals surface area (Å²) in [7, 11) is 1.86. The molecule has 0 bridgehead atoms. The lowest BCUT2D eigenvalue weighted by atomic mass is 10.2. The molecule has 0 spiro atoms. The second-order valence-corrected chi connectivity index (χ2v) is 6.34. The second kappa shape index (κ2) is 6.91. The van der Waals surface area contributed by atoms with Crippen molar-refractivity contribution in [3.05, 3.63) is 0 Å². The molecule has 1 N–H and O–H groups in total.